The van der Waals surface area contributed by atoms with E-state index in [1.54, 1.807) is 0 Å². The summed E-state index contributed by atoms with van der Waals surface area (Å²) in [5.41, 5.74) is 0. The highest BCUT2D eigenvalue weighted by Crippen LogP contribution is 2.51. The summed E-state index contributed by atoms with van der Waals surface area (Å²) in [6.07, 6.45) is 2.53. The molecule has 0 nitrogen and oxygen atoms in total. The maximum atomic E-state index is 2.28. The van der Waals surface area contributed by atoms with Crippen LogP contribution in [0.2, 0.25) is 0 Å². The van der Waals surface area contributed by atoms with E-state index in [9.17, 15) is 0 Å². The number of rotatable bonds is 8. The van der Waals surface area contributed by atoms with Gasteiger partial charge in [0.1, 0.15) is 0 Å². The minimum atomic E-state index is 0.784. The van der Waals surface area contributed by atoms with Crippen LogP contribution in [0.5, 0.6) is 0 Å². The van der Waals surface area contributed by atoms with E-state index in [1.165, 1.54) is 12.8 Å². The van der Waals surface area contributed by atoms with Crippen LogP contribution in [0.4, 0.5) is 0 Å². The highest BCUT2D eigenvalue weighted by Gasteiger charge is 2.02. The Hall–Kier alpha value is 1.75. The van der Waals surface area contributed by atoms with Gasteiger partial charge in [0.2, 0.25) is 0 Å². The lowest BCUT2D eigenvalue weighted by atomic mass is 10.4. The average Bonchev–Trinajstić information content (AvgIpc) is 2.16. The van der Waals surface area contributed by atoms with Gasteiger partial charge < -0.3 is 0 Å². The number of hydrogen-bond acceptors (Lipinski definition) is 5. The molecule has 80 valence electrons. The van der Waals surface area contributed by atoms with E-state index in [1.807, 2.05) is 51.1 Å². The molecule has 2 unspecified atom stereocenters. The predicted octanol–water partition coefficient (Wildman–Crippen LogP) is 5.91. The summed E-state index contributed by atoms with van der Waals surface area (Å²) < 4.78 is 0. The molecule has 0 bridgehead atoms. The molecule has 0 N–H and O–H groups in total. The molecule has 5 heteroatoms. The lowest BCUT2D eigenvalue weighted by Gasteiger charge is -2.07. The fraction of sp³-hybridized carbons (Fsp3) is 1.00. The average molecular weight is 275 g/mol. The van der Waals surface area contributed by atoms with Gasteiger partial charge in [-0.1, -0.05) is 49.3 Å². The Morgan fingerprint density at radius 3 is 1.46 bits per heavy atom. The maximum absolute atomic E-state index is 2.28. The molecule has 0 spiro atoms. The van der Waals surface area contributed by atoms with Gasteiger partial charge in [0.25, 0.3) is 0 Å². The van der Waals surface area contributed by atoms with E-state index in [2.05, 4.69) is 27.7 Å². The first-order chi connectivity index (χ1) is 6.20. The molecule has 0 rings (SSSR count). The number of hydrogen-bond donors (Lipinski definition) is 0. The molecule has 0 heterocycles. The first kappa shape index (κ1) is 14.8. The van der Waals surface area contributed by atoms with Crippen LogP contribution in [0.25, 0.3) is 0 Å². The van der Waals surface area contributed by atoms with Crippen molar-refractivity contribution in [3.63, 3.8) is 0 Å². The topological polar surface area (TPSA) is 0 Å². The Morgan fingerprint density at radius 1 is 0.769 bits per heavy atom. The summed E-state index contributed by atoms with van der Waals surface area (Å²) in [5.74, 6) is 0. The molecule has 2 atom stereocenters. The van der Waals surface area contributed by atoms with Gasteiger partial charge in [-0.05, 0) is 42.3 Å². The van der Waals surface area contributed by atoms with Gasteiger partial charge in [0, 0.05) is 10.5 Å². The van der Waals surface area contributed by atoms with Crippen LogP contribution in [0.1, 0.15) is 40.5 Å². The Kier molecular flexibility index (Phi) is 11.7. The summed E-state index contributed by atoms with van der Waals surface area (Å²) in [5, 5.41) is 1.57. The largest absolute Gasteiger partial charge is 0.0786 e. The van der Waals surface area contributed by atoms with Crippen LogP contribution in [-0.4, -0.2) is 10.5 Å². The van der Waals surface area contributed by atoms with Gasteiger partial charge in [0.05, 0.1) is 0 Å². The van der Waals surface area contributed by atoms with Gasteiger partial charge in [0.15, 0.2) is 0 Å². The van der Waals surface area contributed by atoms with Crippen LogP contribution in [-0.2, 0) is 0 Å². The molecule has 0 aliphatic rings. The van der Waals surface area contributed by atoms with Crippen LogP contribution in [0, 0.1) is 0 Å². The minimum Gasteiger partial charge on any atom is -0.0786 e. The fourth-order valence-electron chi connectivity index (χ4n) is 0.314. The Labute approximate surface area is 102 Å². The highest BCUT2D eigenvalue weighted by molar-refractivity contribution is 9.35. The zero-order chi connectivity index (χ0) is 10.1. The van der Waals surface area contributed by atoms with E-state index in [0.717, 1.165) is 10.5 Å². The van der Waals surface area contributed by atoms with E-state index >= 15 is 0 Å². The van der Waals surface area contributed by atoms with Crippen LogP contribution in [0.3, 0.4) is 0 Å². The van der Waals surface area contributed by atoms with E-state index in [-0.39, 0.29) is 0 Å². The Balaban J connectivity index is 3.08. The van der Waals surface area contributed by atoms with E-state index in [0.29, 0.717) is 0 Å². The van der Waals surface area contributed by atoms with Crippen molar-refractivity contribution < 1.29 is 0 Å². The minimum absolute atomic E-state index is 0.784. The van der Waals surface area contributed by atoms with Crippen LogP contribution >= 0.6 is 51.1 Å². The van der Waals surface area contributed by atoms with Crippen molar-refractivity contribution in [2.75, 3.05) is 0 Å². The third-order valence-corrected chi connectivity index (χ3v) is 11.4. The molecule has 0 amide bonds. The molecule has 0 aliphatic carbocycles. The third-order valence-electron chi connectivity index (χ3n) is 1.61. The maximum Gasteiger partial charge on any atom is 0.0129 e. The zero-order valence-electron chi connectivity index (χ0n) is 8.61. The summed E-state index contributed by atoms with van der Waals surface area (Å²) in [6.45, 7) is 9.04. The molecule has 0 aliphatic heterocycles. The lowest BCUT2D eigenvalue weighted by Crippen LogP contribution is -1.87. The van der Waals surface area contributed by atoms with Crippen molar-refractivity contribution in [3.8, 4) is 0 Å². The second-order valence-electron chi connectivity index (χ2n) is 2.83. The second-order valence-corrected chi connectivity index (χ2v) is 11.3. The first-order valence-electron chi connectivity index (χ1n) is 4.52. The quantitative estimate of drug-likeness (QED) is 0.397. The molecular weight excluding hydrogens is 256 g/mol. The molecule has 13 heavy (non-hydrogen) atoms. The Morgan fingerprint density at radius 2 is 1.15 bits per heavy atom. The lowest BCUT2D eigenvalue weighted by molar-refractivity contribution is 0.912. The zero-order valence-corrected chi connectivity index (χ0v) is 12.7. The van der Waals surface area contributed by atoms with Crippen LogP contribution < -0.4 is 0 Å². The van der Waals surface area contributed by atoms with Crippen molar-refractivity contribution in [2.24, 2.45) is 0 Å². The normalized spacial score (nSPS) is 15.7. The smallest absolute Gasteiger partial charge is 0.0129 e. The van der Waals surface area contributed by atoms with Gasteiger partial charge in [-0.3, -0.25) is 0 Å². The molecule has 0 saturated heterocycles. The fourth-order valence-corrected chi connectivity index (χ4v) is 10.2. The van der Waals surface area contributed by atoms with Crippen molar-refractivity contribution >= 4 is 51.1 Å². The molecular formula is C8H18S5. The standard InChI is InChI=1S/C8H18S5/c1-5-7(3)9-11-13-12-10-8(4)6-2/h7-8H,5-6H2,1-4H3. The monoisotopic (exact) mass is 274 g/mol. The van der Waals surface area contributed by atoms with E-state index in [4.69, 9.17) is 0 Å². The van der Waals surface area contributed by atoms with Crippen molar-refractivity contribution in [2.45, 2.75) is 51.0 Å². The second kappa shape index (κ2) is 10.3. The summed E-state index contributed by atoms with van der Waals surface area (Å²) >= 11 is 0. The summed E-state index contributed by atoms with van der Waals surface area (Å²) in [7, 11) is 9.69. The molecule has 0 aromatic rings. The molecule has 0 aromatic carbocycles. The predicted molar refractivity (Wildman–Crippen MR) is 77.5 cm³/mol. The third kappa shape index (κ3) is 10.0. The SMILES string of the molecule is CCC(C)SSSSSC(C)CC. The van der Waals surface area contributed by atoms with Gasteiger partial charge >= 0.3 is 0 Å². The molecule has 0 fully saturated rings. The van der Waals surface area contributed by atoms with Crippen molar-refractivity contribution in [1.82, 2.24) is 0 Å². The van der Waals surface area contributed by atoms with Gasteiger partial charge in [-0.2, -0.15) is 0 Å². The summed E-state index contributed by atoms with van der Waals surface area (Å²) in [6, 6.07) is 0. The Bertz CT molecular complexity index is 96.7. The van der Waals surface area contributed by atoms with Gasteiger partial charge in [-0.15, -0.1) is 0 Å². The van der Waals surface area contributed by atoms with E-state index < -0.39 is 0 Å². The van der Waals surface area contributed by atoms with Gasteiger partial charge in [-0.25, -0.2) is 0 Å². The van der Waals surface area contributed by atoms with Crippen molar-refractivity contribution in [1.29, 1.82) is 0 Å². The van der Waals surface area contributed by atoms with Crippen LogP contribution in [0.15, 0.2) is 0 Å². The van der Waals surface area contributed by atoms with Crippen molar-refractivity contribution in [3.05, 3.63) is 0 Å². The summed E-state index contributed by atoms with van der Waals surface area (Å²) in [4.78, 5) is 0. The molecule has 0 saturated carbocycles. The molecule has 0 aromatic heterocycles. The first-order valence-corrected chi connectivity index (χ1v) is 10.8. The highest BCUT2D eigenvalue weighted by atomic mass is 33.8. The molecule has 0 radical (unpaired) electrons.